The van der Waals surface area contributed by atoms with Crippen LogP contribution in [0.1, 0.15) is 18.9 Å². The Kier molecular flexibility index (Phi) is 6.41. The third-order valence-electron chi connectivity index (χ3n) is 3.14. The lowest BCUT2D eigenvalue weighted by atomic mass is 10.1. The maximum absolute atomic E-state index is 11.5. The van der Waals surface area contributed by atoms with E-state index in [2.05, 4.69) is 22.5 Å². The number of benzene rings is 1. The normalized spacial score (nSPS) is 12.0. The van der Waals surface area contributed by atoms with Gasteiger partial charge in [-0.25, -0.2) is 8.42 Å². The average molecular weight is 327 g/mol. The van der Waals surface area contributed by atoms with E-state index in [0.717, 1.165) is 31.1 Å². The minimum Gasteiger partial charge on any atom is -0.418 e. The molecule has 0 aromatic heterocycles. The zero-order valence-corrected chi connectivity index (χ0v) is 14.4. The molecule has 8 heteroatoms. The maximum Gasteiger partial charge on any atom is 0.264 e. The number of azide groups is 1. The molecule has 116 valence electrons. The van der Waals surface area contributed by atoms with Crippen molar-refractivity contribution >= 4 is 18.3 Å². The predicted molar refractivity (Wildman–Crippen MR) is 85.0 cm³/mol. The minimum absolute atomic E-state index is 0.0214. The van der Waals surface area contributed by atoms with Crippen LogP contribution in [0.2, 0.25) is 19.1 Å². The summed E-state index contributed by atoms with van der Waals surface area (Å²) < 4.78 is 31.6. The van der Waals surface area contributed by atoms with Gasteiger partial charge in [0.2, 0.25) is 0 Å². The van der Waals surface area contributed by atoms with Crippen molar-refractivity contribution in [1.29, 1.82) is 0 Å². The smallest absolute Gasteiger partial charge is 0.264 e. The second kappa shape index (κ2) is 7.60. The number of hydrogen-bond acceptors (Lipinski definition) is 3. The summed E-state index contributed by atoms with van der Waals surface area (Å²) in [6, 6.07) is 7.54. The summed E-state index contributed by atoms with van der Waals surface area (Å²) >= 11 is 0. The van der Waals surface area contributed by atoms with Gasteiger partial charge < -0.3 is 4.43 Å². The van der Waals surface area contributed by atoms with Crippen molar-refractivity contribution in [2.45, 2.75) is 43.8 Å². The molecule has 0 radical (unpaired) electrons. The van der Waals surface area contributed by atoms with E-state index in [1.54, 1.807) is 12.1 Å². The summed E-state index contributed by atoms with van der Waals surface area (Å²) in [7, 11) is -5.44. The number of sulfonamides is 1. The summed E-state index contributed by atoms with van der Waals surface area (Å²) in [6.45, 7) is 7.17. The fourth-order valence-electron chi connectivity index (χ4n) is 2.10. The van der Waals surface area contributed by atoms with Crippen molar-refractivity contribution in [3.8, 4) is 0 Å². The van der Waals surface area contributed by atoms with Crippen molar-refractivity contribution in [1.82, 2.24) is 0 Å². The van der Waals surface area contributed by atoms with Crippen molar-refractivity contribution in [2.75, 3.05) is 6.61 Å². The molecular formula is C13H21N3O3SSi. The standard InChI is InChI=1S/C13H21N3O3SSi/c1-4-19-21(2,3)11-5-6-12-7-9-13(10-8-12)20(17,18)16-15-14/h7-10H,4-6,11H2,1-3H3. The van der Waals surface area contributed by atoms with Crippen molar-refractivity contribution in [3.63, 3.8) is 0 Å². The van der Waals surface area contributed by atoms with E-state index in [1.165, 1.54) is 12.1 Å². The molecule has 0 saturated carbocycles. The first-order valence-electron chi connectivity index (χ1n) is 6.85. The number of rotatable bonds is 8. The fourth-order valence-corrected chi connectivity index (χ4v) is 4.73. The number of aryl methyl sites for hydroxylation is 1. The Morgan fingerprint density at radius 2 is 1.90 bits per heavy atom. The van der Waals surface area contributed by atoms with E-state index in [1.807, 2.05) is 6.92 Å². The molecule has 0 fully saturated rings. The molecule has 0 atom stereocenters. The largest absolute Gasteiger partial charge is 0.418 e. The molecule has 0 bridgehead atoms. The van der Waals surface area contributed by atoms with Crippen LogP contribution >= 0.6 is 0 Å². The third-order valence-corrected chi connectivity index (χ3v) is 6.93. The number of hydrogen-bond donors (Lipinski definition) is 0. The lowest BCUT2D eigenvalue weighted by molar-refractivity contribution is 0.328. The molecule has 0 aliphatic rings. The molecule has 0 unspecified atom stereocenters. The second-order valence-corrected chi connectivity index (χ2v) is 11.2. The maximum atomic E-state index is 11.5. The minimum atomic E-state index is -3.88. The van der Waals surface area contributed by atoms with Gasteiger partial charge in [-0.1, -0.05) is 12.1 Å². The van der Waals surface area contributed by atoms with E-state index in [0.29, 0.717) is 0 Å². The SMILES string of the molecule is CCO[Si](C)(C)CCCc1ccc(S(=O)(=O)N=[N+]=[N-])cc1. The van der Waals surface area contributed by atoms with Crippen LogP contribution in [0.25, 0.3) is 10.4 Å². The van der Waals surface area contributed by atoms with Gasteiger partial charge in [0.15, 0.2) is 8.32 Å². The molecule has 1 aromatic rings. The molecule has 1 aromatic carbocycles. The molecule has 0 spiro atoms. The van der Waals surface area contributed by atoms with E-state index in [-0.39, 0.29) is 4.90 Å². The van der Waals surface area contributed by atoms with Gasteiger partial charge in [0.05, 0.1) is 4.90 Å². The molecule has 6 nitrogen and oxygen atoms in total. The Labute approximate surface area is 126 Å². The van der Waals surface area contributed by atoms with Crippen LogP contribution in [0.3, 0.4) is 0 Å². The van der Waals surface area contributed by atoms with Gasteiger partial charge in [0.1, 0.15) is 0 Å². The first-order chi connectivity index (χ1) is 9.80. The van der Waals surface area contributed by atoms with E-state index >= 15 is 0 Å². The average Bonchev–Trinajstić information content (AvgIpc) is 2.39. The molecule has 0 N–H and O–H groups in total. The lowest BCUT2D eigenvalue weighted by Gasteiger charge is -2.21. The van der Waals surface area contributed by atoms with Gasteiger partial charge in [0.25, 0.3) is 10.0 Å². The number of nitrogens with zero attached hydrogens (tertiary/aromatic N) is 3. The summed E-state index contributed by atoms with van der Waals surface area (Å²) in [4.78, 5) is 2.35. The quantitative estimate of drug-likeness (QED) is 0.314. The first kappa shape index (κ1) is 17.7. The Bertz CT molecular complexity index is 608. The van der Waals surface area contributed by atoms with E-state index < -0.39 is 18.3 Å². The zero-order valence-electron chi connectivity index (χ0n) is 12.6. The van der Waals surface area contributed by atoms with Crippen LogP contribution in [-0.2, 0) is 20.9 Å². The molecule has 21 heavy (non-hydrogen) atoms. The van der Waals surface area contributed by atoms with Crippen LogP contribution in [0.5, 0.6) is 0 Å². The highest BCUT2D eigenvalue weighted by Gasteiger charge is 2.20. The Hall–Kier alpha value is -1.34. The van der Waals surface area contributed by atoms with Gasteiger partial charge in [0, 0.05) is 16.0 Å². The van der Waals surface area contributed by atoms with Crippen LogP contribution in [0.15, 0.2) is 33.7 Å². The van der Waals surface area contributed by atoms with E-state index in [9.17, 15) is 8.42 Å². The highest BCUT2D eigenvalue weighted by atomic mass is 32.2. The van der Waals surface area contributed by atoms with E-state index in [4.69, 9.17) is 9.96 Å². The Balaban J connectivity index is 2.62. The topological polar surface area (TPSA) is 92.1 Å². The van der Waals surface area contributed by atoms with Gasteiger partial charge >= 0.3 is 0 Å². The molecule has 0 aliphatic carbocycles. The lowest BCUT2D eigenvalue weighted by Crippen LogP contribution is -2.30. The van der Waals surface area contributed by atoms with Crippen LogP contribution in [0, 0.1) is 0 Å². The highest BCUT2D eigenvalue weighted by Crippen LogP contribution is 2.18. The van der Waals surface area contributed by atoms with Crippen LogP contribution < -0.4 is 0 Å². The highest BCUT2D eigenvalue weighted by molar-refractivity contribution is 7.90. The summed E-state index contributed by atoms with van der Waals surface area (Å²) in [6.07, 6.45) is 1.90. The molecule has 0 heterocycles. The zero-order chi connectivity index (χ0) is 15.9. The summed E-state index contributed by atoms with van der Waals surface area (Å²) in [5, 5.41) is 0. The summed E-state index contributed by atoms with van der Waals surface area (Å²) in [5.41, 5.74) is 9.29. The Morgan fingerprint density at radius 3 is 2.43 bits per heavy atom. The van der Waals surface area contributed by atoms with Gasteiger partial charge in [-0.05, 0) is 62.1 Å². The van der Waals surface area contributed by atoms with Crippen molar-refractivity contribution in [3.05, 3.63) is 40.3 Å². The summed E-state index contributed by atoms with van der Waals surface area (Å²) in [5.74, 6) is 0. The molecule has 0 saturated heterocycles. The first-order valence-corrected chi connectivity index (χ1v) is 11.4. The van der Waals surface area contributed by atoms with Gasteiger partial charge in [-0.15, -0.1) is 0 Å². The third kappa shape index (κ3) is 5.89. The molecule has 0 amide bonds. The molecule has 1 rings (SSSR count). The molecule has 0 aliphatic heterocycles. The van der Waals surface area contributed by atoms with Crippen molar-refractivity contribution < 1.29 is 12.8 Å². The fraction of sp³-hybridized carbons (Fsp3) is 0.538. The predicted octanol–water partition coefficient (Wildman–Crippen LogP) is 3.86. The van der Waals surface area contributed by atoms with Crippen LogP contribution in [0.4, 0.5) is 0 Å². The Morgan fingerprint density at radius 1 is 1.29 bits per heavy atom. The van der Waals surface area contributed by atoms with Crippen LogP contribution in [-0.4, -0.2) is 23.3 Å². The molecular weight excluding hydrogens is 306 g/mol. The van der Waals surface area contributed by atoms with Crippen molar-refractivity contribution in [2.24, 2.45) is 4.52 Å². The van der Waals surface area contributed by atoms with Gasteiger partial charge in [-0.3, -0.25) is 0 Å². The second-order valence-electron chi connectivity index (χ2n) is 5.34. The van der Waals surface area contributed by atoms with Gasteiger partial charge in [-0.2, -0.15) is 0 Å². The monoisotopic (exact) mass is 327 g/mol.